The van der Waals surface area contributed by atoms with Crippen LogP contribution in [0.2, 0.25) is 0 Å². The number of nitrogens with zero attached hydrogens (tertiary/aromatic N) is 1. The SMILES string of the molecule is CC1CCN(c2cccc(S(N)(=O)=O)c2N)C1. The van der Waals surface area contributed by atoms with Gasteiger partial charge in [0.2, 0.25) is 10.0 Å². The average molecular weight is 255 g/mol. The zero-order valence-electron chi connectivity index (χ0n) is 9.76. The van der Waals surface area contributed by atoms with Gasteiger partial charge >= 0.3 is 0 Å². The third-order valence-electron chi connectivity index (χ3n) is 3.11. The van der Waals surface area contributed by atoms with E-state index in [4.69, 9.17) is 10.9 Å². The van der Waals surface area contributed by atoms with Crippen molar-refractivity contribution in [3.63, 3.8) is 0 Å². The largest absolute Gasteiger partial charge is 0.396 e. The van der Waals surface area contributed by atoms with Gasteiger partial charge in [0.15, 0.2) is 0 Å². The Hall–Kier alpha value is -1.27. The summed E-state index contributed by atoms with van der Waals surface area (Å²) in [4.78, 5) is 2.11. The number of sulfonamides is 1. The Kier molecular flexibility index (Phi) is 3.01. The minimum atomic E-state index is -3.75. The Morgan fingerprint density at radius 2 is 2.12 bits per heavy atom. The summed E-state index contributed by atoms with van der Waals surface area (Å²) in [6, 6.07) is 4.95. The van der Waals surface area contributed by atoms with Crippen LogP contribution in [0.5, 0.6) is 0 Å². The summed E-state index contributed by atoms with van der Waals surface area (Å²) < 4.78 is 22.7. The first kappa shape index (κ1) is 12.2. The Balaban J connectivity index is 2.43. The highest BCUT2D eigenvalue weighted by atomic mass is 32.2. The lowest BCUT2D eigenvalue weighted by Gasteiger charge is -2.21. The van der Waals surface area contributed by atoms with E-state index in [0.717, 1.165) is 25.2 Å². The lowest BCUT2D eigenvalue weighted by atomic mass is 10.2. The number of para-hydroxylation sites is 1. The summed E-state index contributed by atoms with van der Waals surface area (Å²) in [6.45, 7) is 3.97. The standard InChI is InChI=1S/C11H17N3O2S/c1-8-5-6-14(7-8)9-3-2-4-10(11(9)12)17(13,15)16/h2-4,8H,5-7,12H2,1H3,(H2,13,15,16). The van der Waals surface area contributed by atoms with Gasteiger partial charge in [0, 0.05) is 13.1 Å². The minimum Gasteiger partial charge on any atom is -0.396 e. The number of anilines is 2. The number of rotatable bonds is 2. The zero-order valence-corrected chi connectivity index (χ0v) is 10.6. The molecule has 5 nitrogen and oxygen atoms in total. The number of nitrogens with two attached hydrogens (primary N) is 2. The van der Waals surface area contributed by atoms with Gasteiger partial charge in [-0.3, -0.25) is 0 Å². The van der Waals surface area contributed by atoms with Crippen molar-refractivity contribution in [2.75, 3.05) is 23.7 Å². The first-order valence-electron chi connectivity index (χ1n) is 5.56. The molecule has 2 rings (SSSR count). The first-order chi connectivity index (χ1) is 7.89. The van der Waals surface area contributed by atoms with Crippen LogP contribution in [-0.2, 0) is 10.0 Å². The quantitative estimate of drug-likeness (QED) is 0.764. The highest BCUT2D eigenvalue weighted by Crippen LogP contribution is 2.32. The maximum Gasteiger partial charge on any atom is 0.240 e. The van der Waals surface area contributed by atoms with Crippen molar-refractivity contribution in [3.05, 3.63) is 18.2 Å². The van der Waals surface area contributed by atoms with Crippen molar-refractivity contribution < 1.29 is 8.42 Å². The van der Waals surface area contributed by atoms with Gasteiger partial charge in [-0.25, -0.2) is 13.6 Å². The van der Waals surface area contributed by atoms with Crippen molar-refractivity contribution in [2.24, 2.45) is 11.1 Å². The van der Waals surface area contributed by atoms with Crippen LogP contribution in [0.3, 0.4) is 0 Å². The molecule has 1 fully saturated rings. The maximum absolute atomic E-state index is 11.4. The monoisotopic (exact) mass is 255 g/mol. The summed E-state index contributed by atoms with van der Waals surface area (Å²) >= 11 is 0. The van der Waals surface area contributed by atoms with Gasteiger partial charge in [0.25, 0.3) is 0 Å². The lowest BCUT2D eigenvalue weighted by Crippen LogP contribution is -2.22. The fraction of sp³-hybridized carbons (Fsp3) is 0.455. The third-order valence-corrected chi connectivity index (χ3v) is 4.08. The van der Waals surface area contributed by atoms with Crippen LogP contribution in [0.15, 0.2) is 23.1 Å². The van der Waals surface area contributed by atoms with Crippen molar-refractivity contribution in [1.82, 2.24) is 0 Å². The van der Waals surface area contributed by atoms with Crippen LogP contribution >= 0.6 is 0 Å². The maximum atomic E-state index is 11.4. The lowest BCUT2D eigenvalue weighted by molar-refractivity contribution is 0.598. The summed E-state index contributed by atoms with van der Waals surface area (Å²) in [6.07, 6.45) is 1.10. The van der Waals surface area contributed by atoms with Gasteiger partial charge in [0.05, 0.1) is 11.4 Å². The van der Waals surface area contributed by atoms with Gasteiger partial charge in [-0.2, -0.15) is 0 Å². The number of nitrogen functional groups attached to an aromatic ring is 1. The van der Waals surface area contributed by atoms with E-state index in [0.29, 0.717) is 5.92 Å². The Morgan fingerprint density at radius 1 is 1.41 bits per heavy atom. The van der Waals surface area contributed by atoms with Gasteiger partial charge < -0.3 is 10.6 Å². The van der Waals surface area contributed by atoms with Crippen molar-refractivity contribution in [2.45, 2.75) is 18.2 Å². The summed E-state index contributed by atoms with van der Waals surface area (Å²) in [5.41, 5.74) is 6.91. The van der Waals surface area contributed by atoms with Gasteiger partial charge in [-0.05, 0) is 24.5 Å². The molecule has 4 N–H and O–H groups in total. The molecule has 1 atom stereocenters. The van der Waals surface area contributed by atoms with E-state index >= 15 is 0 Å². The van der Waals surface area contributed by atoms with Crippen LogP contribution in [0.4, 0.5) is 11.4 Å². The highest BCUT2D eigenvalue weighted by molar-refractivity contribution is 7.89. The van der Waals surface area contributed by atoms with Crippen LogP contribution in [0, 0.1) is 5.92 Å². The predicted molar refractivity (Wildman–Crippen MR) is 68.2 cm³/mol. The molecule has 0 saturated carbocycles. The predicted octanol–water partition coefficient (Wildman–Crippen LogP) is 0.762. The summed E-state index contributed by atoms with van der Waals surface area (Å²) in [5, 5.41) is 5.13. The van der Waals surface area contributed by atoms with E-state index in [1.54, 1.807) is 6.07 Å². The van der Waals surface area contributed by atoms with E-state index in [9.17, 15) is 8.42 Å². The van der Waals surface area contributed by atoms with Crippen LogP contribution in [0.1, 0.15) is 13.3 Å². The molecule has 0 spiro atoms. The highest BCUT2D eigenvalue weighted by Gasteiger charge is 2.23. The molecule has 94 valence electrons. The molecule has 6 heteroatoms. The van der Waals surface area contributed by atoms with Crippen LogP contribution in [0.25, 0.3) is 0 Å². The zero-order chi connectivity index (χ0) is 12.6. The molecule has 1 aromatic carbocycles. The number of benzene rings is 1. The van der Waals surface area contributed by atoms with Crippen molar-refractivity contribution in [3.8, 4) is 0 Å². The second-order valence-corrected chi connectivity index (χ2v) is 6.10. The van der Waals surface area contributed by atoms with Gasteiger partial charge in [0.1, 0.15) is 4.90 Å². The van der Waals surface area contributed by atoms with Gasteiger partial charge in [-0.1, -0.05) is 13.0 Å². The fourth-order valence-corrected chi connectivity index (χ4v) is 2.89. The molecule has 0 aromatic heterocycles. The molecule has 0 amide bonds. The molecule has 0 bridgehead atoms. The number of hydrogen-bond acceptors (Lipinski definition) is 4. The van der Waals surface area contributed by atoms with Crippen molar-refractivity contribution in [1.29, 1.82) is 0 Å². The molecule has 1 aliphatic rings. The third kappa shape index (κ3) is 2.37. The number of hydrogen-bond donors (Lipinski definition) is 2. The van der Waals surface area contributed by atoms with E-state index in [1.807, 2.05) is 6.07 Å². The molecule has 1 aliphatic heterocycles. The number of primary sulfonamides is 1. The van der Waals surface area contributed by atoms with E-state index in [1.165, 1.54) is 6.07 Å². The molecule has 17 heavy (non-hydrogen) atoms. The molecular formula is C11H17N3O2S. The van der Waals surface area contributed by atoms with E-state index in [2.05, 4.69) is 11.8 Å². The topological polar surface area (TPSA) is 89.4 Å². The fourth-order valence-electron chi connectivity index (χ4n) is 2.21. The second-order valence-electron chi connectivity index (χ2n) is 4.57. The normalized spacial score (nSPS) is 20.8. The Labute approximate surface area is 101 Å². The second kappa shape index (κ2) is 4.19. The van der Waals surface area contributed by atoms with Crippen molar-refractivity contribution >= 4 is 21.4 Å². The molecule has 1 heterocycles. The summed E-state index contributed by atoms with van der Waals surface area (Å²) in [7, 11) is -3.75. The molecular weight excluding hydrogens is 238 g/mol. The van der Waals surface area contributed by atoms with E-state index < -0.39 is 10.0 Å². The smallest absolute Gasteiger partial charge is 0.240 e. The molecule has 1 unspecified atom stereocenters. The first-order valence-corrected chi connectivity index (χ1v) is 7.10. The Bertz CT molecular complexity index is 528. The molecule has 1 saturated heterocycles. The molecule has 0 aliphatic carbocycles. The average Bonchev–Trinajstić information content (AvgIpc) is 2.63. The molecule has 0 radical (unpaired) electrons. The van der Waals surface area contributed by atoms with Crippen LogP contribution < -0.4 is 15.8 Å². The van der Waals surface area contributed by atoms with Gasteiger partial charge in [-0.15, -0.1) is 0 Å². The minimum absolute atomic E-state index is 0.00885. The molecule has 1 aromatic rings. The van der Waals surface area contributed by atoms with E-state index in [-0.39, 0.29) is 10.6 Å². The van der Waals surface area contributed by atoms with Crippen LogP contribution in [-0.4, -0.2) is 21.5 Å². The summed E-state index contributed by atoms with van der Waals surface area (Å²) in [5.74, 6) is 0.604. The Morgan fingerprint density at radius 3 is 2.65 bits per heavy atom.